The maximum Gasteiger partial charge on any atom is 0.0774 e. The number of thiophene rings is 1. The Labute approximate surface area is 397 Å². The molecular weight excluding hydrogens is 979 g/mol. The van der Waals surface area contributed by atoms with Crippen molar-refractivity contribution in [2.75, 3.05) is 0 Å². The van der Waals surface area contributed by atoms with E-state index in [0.29, 0.717) is 11.3 Å². The van der Waals surface area contributed by atoms with Crippen LogP contribution in [0.1, 0.15) is 19.4 Å². The second-order valence-corrected chi connectivity index (χ2v) is 16.3. The van der Waals surface area contributed by atoms with Gasteiger partial charge >= 0.3 is 0 Å². The van der Waals surface area contributed by atoms with Crippen LogP contribution in [0.2, 0.25) is 0 Å². The first-order valence-corrected chi connectivity index (χ1v) is 21.4. The molecule has 4 heterocycles. The van der Waals surface area contributed by atoms with Crippen LogP contribution in [0.3, 0.4) is 0 Å². The number of hydrogen-bond donors (Lipinski definition) is 0. The second-order valence-electron chi connectivity index (χ2n) is 15.2. The summed E-state index contributed by atoms with van der Waals surface area (Å²) >= 11 is 1.84. The summed E-state index contributed by atoms with van der Waals surface area (Å²) in [4.78, 5) is 9.37. The number of hydrogen-bond acceptors (Lipinski definition) is 4. The Hall–Kier alpha value is -7.21. The summed E-state index contributed by atoms with van der Waals surface area (Å²) in [7, 11) is 0. The number of aromatic nitrogens is 3. The average Bonchev–Trinajstić information content (AvgIpc) is 4.09. The molecular formula is C58H39IrN3OS-2. The standard InChI is InChI=1S/C45H27N2OS.C13H12N.Ir/c1-3-12-29(13-4-1)33-17-11-18-34(30-14-5-2-6-15-30)44(33)47-40-20-9-8-19-39(40)46-45(47)38-28-48-41-24-22-31(26-36(38)41)32-23-25-43-37(27-32)35-16-7-10-21-42(35)49-43;1-10-3-6-12(7-4-10)13-8-5-11(2)9-14-13;/h1-27H;3-6,8-9H,1-2H3;/q2*-1;/i;1D3,2D3;. The summed E-state index contributed by atoms with van der Waals surface area (Å²) in [5, 5.41) is 3.55. The Balaban J connectivity index is 0.000000229. The molecule has 0 aliphatic heterocycles. The van der Waals surface area contributed by atoms with Gasteiger partial charge in [-0.25, -0.2) is 0 Å². The molecule has 64 heavy (non-hydrogen) atoms. The molecule has 0 amide bonds. The minimum absolute atomic E-state index is 0. The third-order valence-corrected chi connectivity index (χ3v) is 12.4. The topological polar surface area (TPSA) is 43.9 Å². The van der Waals surface area contributed by atoms with Crippen LogP contribution in [0.4, 0.5) is 0 Å². The molecule has 0 saturated carbocycles. The zero-order valence-electron chi connectivity index (χ0n) is 40.0. The SMILES string of the molecule is [2H]C([2H])([2H])c1c[c-]c(-c2ccc(C([2H])([2H])[2H])cn2)cc1.[Ir].[c-]1oc2ccc(-c3ccc4sc5ccccc5c4c3)cc2c1-c1nc2ccccc2n1-c1c(-c2ccccc2)cccc1-c1ccccc1. The molecule has 12 aromatic rings. The fraction of sp³-hybridized carbons (Fsp3) is 0.0345. The van der Waals surface area contributed by atoms with Crippen LogP contribution in [0, 0.1) is 26.0 Å². The maximum absolute atomic E-state index is 7.28. The van der Waals surface area contributed by atoms with E-state index in [9.17, 15) is 0 Å². The fourth-order valence-corrected chi connectivity index (χ4v) is 9.36. The smallest absolute Gasteiger partial charge is 0.0774 e. The molecule has 0 atom stereocenters. The van der Waals surface area contributed by atoms with E-state index in [1.807, 2.05) is 17.4 Å². The van der Waals surface area contributed by atoms with Crippen molar-refractivity contribution in [1.82, 2.24) is 14.5 Å². The number of fused-ring (bicyclic) bond motifs is 5. The van der Waals surface area contributed by atoms with Crippen LogP contribution in [0.25, 0.3) is 104 Å². The average molecular weight is 1020 g/mol. The molecule has 309 valence electrons. The molecule has 0 spiro atoms. The molecule has 0 aliphatic rings. The third-order valence-electron chi connectivity index (χ3n) is 11.3. The predicted octanol–water partition coefficient (Wildman–Crippen LogP) is 15.8. The van der Waals surface area contributed by atoms with Crippen LogP contribution in [0.5, 0.6) is 0 Å². The molecule has 12 rings (SSSR count). The van der Waals surface area contributed by atoms with E-state index in [-0.39, 0.29) is 31.2 Å². The zero-order chi connectivity index (χ0) is 47.3. The number of pyridine rings is 1. The summed E-state index contributed by atoms with van der Waals surface area (Å²) in [6, 6.07) is 68.4. The van der Waals surface area contributed by atoms with Crippen molar-refractivity contribution >= 4 is 53.5 Å². The third kappa shape index (κ3) is 7.67. The number of imidazole rings is 1. The van der Waals surface area contributed by atoms with E-state index >= 15 is 0 Å². The number of para-hydroxylation sites is 3. The van der Waals surface area contributed by atoms with E-state index in [4.69, 9.17) is 17.6 Å². The van der Waals surface area contributed by atoms with Crippen LogP contribution in [-0.4, -0.2) is 14.5 Å². The molecule has 0 unspecified atom stereocenters. The van der Waals surface area contributed by atoms with E-state index in [1.165, 1.54) is 50.1 Å². The molecule has 0 bridgehead atoms. The summed E-state index contributed by atoms with van der Waals surface area (Å²) < 4.78 is 54.7. The maximum atomic E-state index is 7.28. The van der Waals surface area contributed by atoms with Gasteiger partial charge in [0.1, 0.15) is 0 Å². The van der Waals surface area contributed by atoms with Crippen LogP contribution < -0.4 is 0 Å². The van der Waals surface area contributed by atoms with Crippen molar-refractivity contribution in [2.45, 2.75) is 13.7 Å². The van der Waals surface area contributed by atoms with Gasteiger partial charge in [0.25, 0.3) is 0 Å². The fourth-order valence-electron chi connectivity index (χ4n) is 8.27. The minimum atomic E-state index is -2.18. The second kappa shape index (κ2) is 17.5. The summed E-state index contributed by atoms with van der Waals surface area (Å²) in [6.07, 6.45) is 4.59. The Bertz CT molecular complexity index is 3690. The number of aryl methyl sites for hydroxylation is 2. The number of nitrogens with zero attached hydrogens (tertiary/aromatic N) is 3. The number of rotatable bonds is 6. The monoisotopic (exact) mass is 1020 g/mol. The van der Waals surface area contributed by atoms with E-state index in [1.54, 1.807) is 12.1 Å². The van der Waals surface area contributed by atoms with E-state index in [0.717, 1.165) is 66.9 Å². The molecule has 4 nitrogen and oxygen atoms in total. The van der Waals surface area contributed by atoms with Crippen molar-refractivity contribution in [1.29, 1.82) is 0 Å². The van der Waals surface area contributed by atoms with Gasteiger partial charge in [0.2, 0.25) is 0 Å². The van der Waals surface area contributed by atoms with Gasteiger partial charge in [-0.05, 0) is 70.7 Å². The van der Waals surface area contributed by atoms with Gasteiger partial charge in [0.15, 0.2) is 0 Å². The van der Waals surface area contributed by atoms with Crippen molar-refractivity contribution in [3.63, 3.8) is 0 Å². The predicted molar refractivity (Wildman–Crippen MR) is 262 cm³/mol. The van der Waals surface area contributed by atoms with Crippen molar-refractivity contribution in [3.05, 3.63) is 224 Å². The Kier molecular flexibility index (Phi) is 9.38. The minimum Gasteiger partial charge on any atom is -0.557 e. The molecule has 0 saturated heterocycles. The summed E-state index contributed by atoms with van der Waals surface area (Å²) in [5.74, 6) is 0.789. The zero-order valence-corrected chi connectivity index (χ0v) is 37.3. The molecule has 8 aromatic carbocycles. The number of benzene rings is 8. The van der Waals surface area contributed by atoms with Crippen molar-refractivity contribution < 1.29 is 32.7 Å². The first-order valence-electron chi connectivity index (χ1n) is 23.5. The molecule has 4 aromatic heterocycles. The Morgan fingerprint density at radius 2 is 1.25 bits per heavy atom. The van der Waals surface area contributed by atoms with Gasteiger partial charge in [0, 0.05) is 77.7 Å². The first-order chi connectivity index (χ1) is 33.5. The van der Waals surface area contributed by atoms with E-state index in [2.05, 4.69) is 180 Å². The first kappa shape index (κ1) is 34.3. The van der Waals surface area contributed by atoms with E-state index < -0.39 is 13.7 Å². The summed E-state index contributed by atoms with van der Waals surface area (Å²) in [6.45, 7) is -4.34. The van der Waals surface area contributed by atoms with Crippen molar-refractivity contribution in [3.8, 4) is 61.7 Å². The van der Waals surface area contributed by atoms with Gasteiger partial charge in [-0.1, -0.05) is 163 Å². The normalized spacial score (nSPS) is 12.9. The summed E-state index contributed by atoms with van der Waals surface area (Å²) in [5.41, 5.74) is 13.0. The van der Waals surface area contributed by atoms with Gasteiger partial charge in [-0.15, -0.1) is 46.7 Å². The van der Waals surface area contributed by atoms with Gasteiger partial charge in [-0.2, -0.15) is 0 Å². The molecule has 1 radical (unpaired) electrons. The molecule has 0 N–H and O–H groups in total. The Morgan fingerprint density at radius 3 is 1.97 bits per heavy atom. The molecule has 0 aliphatic carbocycles. The largest absolute Gasteiger partial charge is 0.557 e. The van der Waals surface area contributed by atoms with Gasteiger partial charge in [-0.3, -0.25) is 4.98 Å². The molecule has 6 heteroatoms. The van der Waals surface area contributed by atoms with Crippen molar-refractivity contribution in [2.24, 2.45) is 0 Å². The van der Waals surface area contributed by atoms with Gasteiger partial charge < -0.3 is 14.0 Å². The van der Waals surface area contributed by atoms with Crippen LogP contribution in [0.15, 0.2) is 205 Å². The Morgan fingerprint density at radius 1 is 0.578 bits per heavy atom. The van der Waals surface area contributed by atoms with Gasteiger partial charge in [0.05, 0.1) is 22.5 Å². The number of furan rings is 1. The van der Waals surface area contributed by atoms with Crippen LogP contribution >= 0.6 is 11.3 Å². The van der Waals surface area contributed by atoms with Crippen LogP contribution in [-0.2, 0) is 20.1 Å². The quantitative estimate of drug-likeness (QED) is 0.156. The molecule has 0 fully saturated rings.